The molecule has 140 valence electrons. The SMILES string of the molecule is CCOC(=O)c1cccc(NC(=O)c2ccccc2C(=O)c2ccccc2)c1. The van der Waals surface area contributed by atoms with Crippen molar-refractivity contribution in [2.45, 2.75) is 6.92 Å². The maximum atomic E-state index is 12.8. The van der Waals surface area contributed by atoms with Gasteiger partial charge in [-0.25, -0.2) is 4.79 Å². The van der Waals surface area contributed by atoms with Crippen LogP contribution in [-0.4, -0.2) is 24.3 Å². The number of carbonyl (C=O) groups excluding carboxylic acids is 3. The fourth-order valence-electron chi connectivity index (χ4n) is 2.76. The number of nitrogens with one attached hydrogen (secondary N) is 1. The van der Waals surface area contributed by atoms with Crippen LogP contribution in [0.5, 0.6) is 0 Å². The highest BCUT2D eigenvalue weighted by Gasteiger charge is 2.18. The van der Waals surface area contributed by atoms with Gasteiger partial charge in [0.15, 0.2) is 5.78 Å². The van der Waals surface area contributed by atoms with Crippen LogP contribution in [0, 0.1) is 0 Å². The predicted octanol–water partition coefficient (Wildman–Crippen LogP) is 4.35. The largest absolute Gasteiger partial charge is 0.462 e. The van der Waals surface area contributed by atoms with Gasteiger partial charge >= 0.3 is 5.97 Å². The van der Waals surface area contributed by atoms with E-state index in [2.05, 4.69) is 5.32 Å². The van der Waals surface area contributed by atoms with Crippen molar-refractivity contribution in [1.82, 2.24) is 0 Å². The first-order valence-corrected chi connectivity index (χ1v) is 8.87. The minimum absolute atomic E-state index is 0.230. The van der Waals surface area contributed by atoms with Gasteiger partial charge in [-0.1, -0.05) is 54.6 Å². The lowest BCUT2D eigenvalue weighted by atomic mass is 9.98. The minimum atomic E-state index is -0.460. The molecule has 0 saturated heterocycles. The Balaban J connectivity index is 1.85. The second-order valence-electron chi connectivity index (χ2n) is 6.00. The molecule has 5 nitrogen and oxygen atoms in total. The summed E-state index contributed by atoms with van der Waals surface area (Å²) in [7, 11) is 0. The van der Waals surface area contributed by atoms with Crippen LogP contribution in [0.3, 0.4) is 0 Å². The Kier molecular flexibility index (Phi) is 5.97. The van der Waals surface area contributed by atoms with Crippen molar-refractivity contribution in [2.24, 2.45) is 0 Å². The maximum absolute atomic E-state index is 12.8. The molecular weight excluding hydrogens is 354 g/mol. The van der Waals surface area contributed by atoms with Gasteiger partial charge in [0.1, 0.15) is 0 Å². The van der Waals surface area contributed by atoms with E-state index in [4.69, 9.17) is 4.74 Å². The zero-order chi connectivity index (χ0) is 19.9. The number of carbonyl (C=O) groups is 3. The van der Waals surface area contributed by atoms with E-state index in [1.165, 1.54) is 6.07 Å². The van der Waals surface area contributed by atoms with Gasteiger partial charge in [-0.3, -0.25) is 9.59 Å². The van der Waals surface area contributed by atoms with E-state index in [0.717, 1.165) is 0 Å². The van der Waals surface area contributed by atoms with E-state index < -0.39 is 11.9 Å². The van der Waals surface area contributed by atoms with Crippen LogP contribution < -0.4 is 5.32 Å². The summed E-state index contributed by atoms with van der Waals surface area (Å²) < 4.78 is 4.98. The lowest BCUT2D eigenvalue weighted by molar-refractivity contribution is 0.0526. The van der Waals surface area contributed by atoms with E-state index in [-0.39, 0.29) is 18.0 Å². The Labute approximate surface area is 163 Å². The first-order chi connectivity index (χ1) is 13.6. The number of ether oxygens (including phenoxy) is 1. The number of rotatable bonds is 6. The van der Waals surface area contributed by atoms with Crippen LogP contribution in [0.1, 0.15) is 43.6 Å². The fraction of sp³-hybridized carbons (Fsp3) is 0.0870. The number of ketones is 1. The second kappa shape index (κ2) is 8.77. The van der Waals surface area contributed by atoms with Crippen molar-refractivity contribution in [2.75, 3.05) is 11.9 Å². The van der Waals surface area contributed by atoms with Crippen LogP contribution in [0.4, 0.5) is 5.69 Å². The van der Waals surface area contributed by atoms with Crippen molar-refractivity contribution in [3.05, 3.63) is 101 Å². The third kappa shape index (κ3) is 4.32. The highest BCUT2D eigenvalue weighted by molar-refractivity contribution is 6.17. The smallest absolute Gasteiger partial charge is 0.338 e. The molecule has 1 N–H and O–H groups in total. The molecule has 0 aromatic heterocycles. The van der Waals surface area contributed by atoms with Crippen molar-refractivity contribution in [1.29, 1.82) is 0 Å². The third-order valence-electron chi connectivity index (χ3n) is 4.08. The van der Waals surface area contributed by atoms with Crippen molar-refractivity contribution in [3.63, 3.8) is 0 Å². The molecule has 28 heavy (non-hydrogen) atoms. The summed E-state index contributed by atoms with van der Waals surface area (Å²) in [5.41, 5.74) is 1.86. The second-order valence-corrected chi connectivity index (χ2v) is 6.00. The van der Waals surface area contributed by atoms with E-state index in [1.807, 2.05) is 6.07 Å². The normalized spacial score (nSPS) is 10.2. The topological polar surface area (TPSA) is 72.5 Å². The average molecular weight is 373 g/mol. The third-order valence-corrected chi connectivity index (χ3v) is 4.08. The summed E-state index contributed by atoms with van der Waals surface area (Å²) in [6, 6.07) is 21.9. The van der Waals surface area contributed by atoms with Gasteiger partial charge in [0.2, 0.25) is 0 Å². The maximum Gasteiger partial charge on any atom is 0.338 e. The van der Waals surface area contributed by atoms with Gasteiger partial charge < -0.3 is 10.1 Å². The molecule has 0 aliphatic rings. The number of anilines is 1. The highest BCUT2D eigenvalue weighted by atomic mass is 16.5. The highest BCUT2D eigenvalue weighted by Crippen LogP contribution is 2.18. The van der Waals surface area contributed by atoms with Gasteiger partial charge in [0, 0.05) is 16.8 Å². The molecular formula is C23H19NO4. The van der Waals surface area contributed by atoms with Crippen LogP contribution in [0.15, 0.2) is 78.9 Å². The summed E-state index contributed by atoms with van der Waals surface area (Å²) in [5.74, 6) is -1.12. The molecule has 0 bridgehead atoms. The molecule has 1 amide bonds. The molecule has 3 aromatic rings. The zero-order valence-electron chi connectivity index (χ0n) is 15.3. The number of esters is 1. The van der Waals surface area contributed by atoms with Crippen LogP contribution in [-0.2, 0) is 4.74 Å². The molecule has 0 aliphatic heterocycles. The Hall–Kier alpha value is -3.73. The Morgan fingerprint density at radius 1 is 0.786 bits per heavy atom. The number of hydrogen-bond donors (Lipinski definition) is 1. The van der Waals surface area contributed by atoms with Gasteiger partial charge in [0.25, 0.3) is 5.91 Å². The molecule has 0 spiro atoms. The van der Waals surface area contributed by atoms with Gasteiger partial charge in [-0.05, 0) is 31.2 Å². The zero-order valence-corrected chi connectivity index (χ0v) is 15.3. The van der Waals surface area contributed by atoms with Crippen LogP contribution in [0.25, 0.3) is 0 Å². The van der Waals surface area contributed by atoms with Crippen molar-refractivity contribution >= 4 is 23.3 Å². The predicted molar refractivity (Wildman–Crippen MR) is 107 cm³/mol. The van der Waals surface area contributed by atoms with Crippen LogP contribution >= 0.6 is 0 Å². The number of amides is 1. The number of benzene rings is 3. The molecule has 0 atom stereocenters. The standard InChI is InChI=1S/C23H19NO4/c1-2-28-23(27)17-11-8-12-18(15-17)24-22(26)20-14-7-6-13-19(20)21(25)16-9-4-3-5-10-16/h3-15H,2H2,1H3,(H,24,26). The molecule has 0 aliphatic carbocycles. The van der Waals surface area contributed by atoms with E-state index in [9.17, 15) is 14.4 Å². The Morgan fingerprint density at radius 3 is 2.14 bits per heavy atom. The molecule has 5 heteroatoms. The fourth-order valence-corrected chi connectivity index (χ4v) is 2.76. The van der Waals surface area contributed by atoms with E-state index >= 15 is 0 Å². The molecule has 3 rings (SSSR count). The summed E-state index contributed by atoms with van der Waals surface area (Å²) in [5, 5.41) is 2.74. The number of hydrogen-bond acceptors (Lipinski definition) is 4. The molecule has 3 aromatic carbocycles. The van der Waals surface area contributed by atoms with Crippen molar-refractivity contribution in [3.8, 4) is 0 Å². The summed E-state index contributed by atoms with van der Waals surface area (Å²) >= 11 is 0. The first kappa shape index (κ1) is 19.0. The van der Waals surface area contributed by atoms with Crippen molar-refractivity contribution < 1.29 is 19.1 Å². The lowest BCUT2D eigenvalue weighted by Crippen LogP contribution is -2.17. The molecule has 0 unspecified atom stereocenters. The Morgan fingerprint density at radius 2 is 1.43 bits per heavy atom. The van der Waals surface area contributed by atoms with Crippen LogP contribution in [0.2, 0.25) is 0 Å². The molecule has 0 heterocycles. The molecule has 0 fully saturated rings. The summed E-state index contributed by atoms with van der Waals surface area (Å²) in [6.07, 6.45) is 0. The lowest BCUT2D eigenvalue weighted by Gasteiger charge is -2.10. The first-order valence-electron chi connectivity index (χ1n) is 8.87. The van der Waals surface area contributed by atoms with E-state index in [0.29, 0.717) is 22.4 Å². The monoisotopic (exact) mass is 373 g/mol. The Bertz CT molecular complexity index is 1010. The summed E-state index contributed by atoms with van der Waals surface area (Å²) in [6.45, 7) is 1.99. The molecule has 0 saturated carbocycles. The van der Waals surface area contributed by atoms with Gasteiger partial charge in [0.05, 0.1) is 17.7 Å². The minimum Gasteiger partial charge on any atom is -0.462 e. The van der Waals surface area contributed by atoms with Gasteiger partial charge in [-0.15, -0.1) is 0 Å². The van der Waals surface area contributed by atoms with E-state index in [1.54, 1.807) is 73.7 Å². The summed E-state index contributed by atoms with van der Waals surface area (Å²) in [4.78, 5) is 37.5. The quantitative estimate of drug-likeness (QED) is 0.515. The van der Waals surface area contributed by atoms with Gasteiger partial charge in [-0.2, -0.15) is 0 Å². The average Bonchev–Trinajstić information content (AvgIpc) is 2.74. The molecule has 0 radical (unpaired) electrons.